The summed E-state index contributed by atoms with van der Waals surface area (Å²) in [5, 5.41) is 0. The van der Waals surface area contributed by atoms with E-state index in [1.807, 2.05) is 6.92 Å². The number of hydrogen-bond donors (Lipinski definition) is 0. The molecule has 0 N–H and O–H groups in total. The van der Waals surface area contributed by atoms with Crippen LogP contribution >= 0.6 is 24.2 Å². The van der Waals surface area contributed by atoms with Crippen LogP contribution in [0, 0.1) is 0 Å². The number of rotatable bonds is 0. The van der Waals surface area contributed by atoms with E-state index in [0.717, 1.165) is 10.9 Å². The van der Waals surface area contributed by atoms with Crippen molar-refractivity contribution in [2.75, 3.05) is 5.88 Å². The molecule has 0 aromatic carbocycles. The molecule has 6 heavy (non-hydrogen) atoms. The molecule has 1 rings (SSSR count). The first-order valence-corrected chi connectivity index (χ1v) is 3.07. The van der Waals surface area contributed by atoms with E-state index in [0.29, 0.717) is 0 Å². The fourth-order valence-electron chi connectivity index (χ4n) is 0.211. The van der Waals surface area contributed by atoms with Crippen molar-refractivity contribution < 1.29 is 0 Å². The smallest absolute Gasteiger partial charge is 0.0955 e. The lowest BCUT2D eigenvalue weighted by molar-refractivity contribution is 0.952. The van der Waals surface area contributed by atoms with Gasteiger partial charge in [-0.1, -0.05) is 12.2 Å². The van der Waals surface area contributed by atoms with Gasteiger partial charge in [-0.3, -0.25) is 4.31 Å². The summed E-state index contributed by atoms with van der Waals surface area (Å²) < 4.78 is 2.06. The van der Waals surface area contributed by atoms with E-state index in [9.17, 15) is 0 Å². The molecule has 0 aromatic heterocycles. The maximum Gasteiger partial charge on any atom is 0.0955 e. The van der Waals surface area contributed by atoms with E-state index in [1.54, 1.807) is 11.9 Å². The Morgan fingerprint density at radius 2 is 2.50 bits per heavy atom. The number of hydrogen-bond acceptors (Lipinski definition) is 2. The van der Waals surface area contributed by atoms with E-state index in [-0.39, 0.29) is 0 Å². The number of nitrogens with zero attached hydrogens (tertiary/aromatic N) is 1. The third-order valence-electron chi connectivity index (χ3n) is 0.609. The second-order valence-corrected chi connectivity index (χ2v) is 2.70. The highest BCUT2D eigenvalue weighted by molar-refractivity contribution is 8.04. The lowest BCUT2D eigenvalue weighted by Crippen LogP contribution is -1.96. The lowest BCUT2D eigenvalue weighted by Gasteiger charge is -1.87. The zero-order chi connectivity index (χ0) is 4.57. The molecule has 0 saturated carbocycles. The summed E-state index contributed by atoms with van der Waals surface area (Å²) >= 11 is 6.56. The van der Waals surface area contributed by atoms with Gasteiger partial charge in [0.05, 0.1) is 10.9 Å². The van der Waals surface area contributed by atoms with E-state index in [1.165, 1.54) is 0 Å². The summed E-state index contributed by atoms with van der Waals surface area (Å²) in [7, 11) is 0. The third-order valence-corrected chi connectivity index (χ3v) is 1.74. The van der Waals surface area contributed by atoms with E-state index in [2.05, 4.69) is 4.31 Å². The number of thiocarbonyl (C=S) groups is 1. The van der Waals surface area contributed by atoms with Crippen molar-refractivity contribution in [3.8, 4) is 0 Å². The van der Waals surface area contributed by atoms with Gasteiger partial charge in [0.2, 0.25) is 0 Å². The van der Waals surface area contributed by atoms with Gasteiger partial charge in [-0.05, 0) is 18.9 Å². The van der Waals surface area contributed by atoms with Crippen LogP contribution in [-0.2, 0) is 0 Å². The average Bonchev–Trinajstić information content (AvgIpc) is 2.06. The van der Waals surface area contributed by atoms with Gasteiger partial charge in [-0.2, -0.15) is 0 Å². The molecule has 0 aliphatic carbocycles. The molecule has 0 spiro atoms. The van der Waals surface area contributed by atoms with E-state index in [4.69, 9.17) is 12.2 Å². The van der Waals surface area contributed by atoms with Crippen molar-refractivity contribution >= 4 is 29.2 Å². The van der Waals surface area contributed by atoms with Gasteiger partial charge in [0.25, 0.3) is 0 Å². The second-order valence-electron chi connectivity index (χ2n) is 1.16. The van der Waals surface area contributed by atoms with Crippen molar-refractivity contribution in [2.24, 2.45) is 0 Å². The van der Waals surface area contributed by atoms with Crippen LogP contribution < -0.4 is 0 Å². The molecule has 3 heteroatoms. The molecule has 0 bridgehead atoms. The zero-order valence-electron chi connectivity index (χ0n) is 3.47. The van der Waals surface area contributed by atoms with Gasteiger partial charge >= 0.3 is 0 Å². The SMILES string of the molecule is CC(=S)N1CS1. The van der Waals surface area contributed by atoms with Crippen molar-refractivity contribution in [3.63, 3.8) is 0 Å². The Morgan fingerprint density at radius 3 is 2.50 bits per heavy atom. The van der Waals surface area contributed by atoms with Gasteiger partial charge in [-0.25, -0.2) is 0 Å². The molecule has 1 aliphatic heterocycles. The molecule has 0 aromatic rings. The Morgan fingerprint density at radius 1 is 2.00 bits per heavy atom. The normalized spacial score (nSPS) is 17.8. The zero-order valence-corrected chi connectivity index (χ0v) is 5.10. The Balaban J connectivity index is 2.31. The van der Waals surface area contributed by atoms with Crippen molar-refractivity contribution in [2.45, 2.75) is 6.92 Å². The minimum atomic E-state index is 1.00. The molecular formula is C3H5NS2. The lowest BCUT2D eigenvalue weighted by atomic mass is 10.8. The Labute approximate surface area is 46.8 Å². The first-order valence-electron chi connectivity index (χ1n) is 1.72. The van der Waals surface area contributed by atoms with Crippen LogP contribution in [0.15, 0.2) is 0 Å². The predicted molar refractivity (Wildman–Crippen MR) is 32.6 cm³/mol. The van der Waals surface area contributed by atoms with Gasteiger partial charge in [0.15, 0.2) is 0 Å². The second kappa shape index (κ2) is 1.39. The molecule has 0 unspecified atom stereocenters. The van der Waals surface area contributed by atoms with Crippen molar-refractivity contribution in [1.29, 1.82) is 0 Å². The summed E-state index contributed by atoms with van der Waals surface area (Å²) in [5.41, 5.74) is 0. The molecule has 0 radical (unpaired) electrons. The quantitative estimate of drug-likeness (QED) is 0.268. The first kappa shape index (κ1) is 4.40. The van der Waals surface area contributed by atoms with Crippen LogP contribution in [0.3, 0.4) is 0 Å². The highest BCUT2D eigenvalue weighted by atomic mass is 32.2. The fraction of sp³-hybridized carbons (Fsp3) is 0.667. The standard InChI is InChI=1S/C3H5NS2/c1-3(5)4-2-6-4/h2H2,1H3. The highest BCUT2D eigenvalue weighted by Gasteiger charge is 2.17. The molecule has 0 atom stereocenters. The van der Waals surface area contributed by atoms with Gasteiger partial charge in [0, 0.05) is 0 Å². The van der Waals surface area contributed by atoms with Crippen LogP contribution in [0.25, 0.3) is 0 Å². The fourth-order valence-corrected chi connectivity index (χ4v) is 0.948. The maximum atomic E-state index is 4.79. The molecule has 1 fully saturated rings. The largest absolute Gasteiger partial charge is 0.297 e. The Bertz CT molecular complexity index is 76.9. The van der Waals surface area contributed by atoms with Crippen molar-refractivity contribution in [3.05, 3.63) is 0 Å². The molecule has 34 valence electrons. The third kappa shape index (κ3) is 0.849. The predicted octanol–water partition coefficient (Wildman–Crippen LogP) is 1.25. The topological polar surface area (TPSA) is 3.01 Å². The molecule has 1 saturated heterocycles. The van der Waals surface area contributed by atoms with E-state index >= 15 is 0 Å². The molecule has 1 aliphatic rings. The van der Waals surface area contributed by atoms with Gasteiger partial charge in [0.1, 0.15) is 0 Å². The molecule has 1 nitrogen and oxygen atoms in total. The first-order chi connectivity index (χ1) is 2.80. The van der Waals surface area contributed by atoms with Gasteiger partial charge < -0.3 is 0 Å². The molecule has 0 amide bonds. The minimum Gasteiger partial charge on any atom is -0.297 e. The molecular weight excluding hydrogens is 114 g/mol. The minimum absolute atomic E-state index is 1.00. The molecule has 1 heterocycles. The Hall–Kier alpha value is 0.240. The highest BCUT2D eigenvalue weighted by Crippen LogP contribution is 2.27. The monoisotopic (exact) mass is 119 g/mol. The summed E-state index contributed by atoms with van der Waals surface area (Å²) in [6.45, 7) is 1.94. The van der Waals surface area contributed by atoms with Crippen LogP contribution in [0.5, 0.6) is 0 Å². The van der Waals surface area contributed by atoms with Gasteiger partial charge in [-0.15, -0.1) is 0 Å². The van der Waals surface area contributed by atoms with Crippen LogP contribution in [0.2, 0.25) is 0 Å². The summed E-state index contributed by atoms with van der Waals surface area (Å²) in [5.74, 6) is 1.11. The maximum absolute atomic E-state index is 4.79. The van der Waals surface area contributed by atoms with Crippen LogP contribution in [0.1, 0.15) is 6.92 Å². The summed E-state index contributed by atoms with van der Waals surface area (Å²) in [6.07, 6.45) is 0. The van der Waals surface area contributed by atoms with Crippen molar-refractivity contribution in [1.82, 2.24) is 4.31 Å². The summed E-state index contributed by atoms with van der Waals surface area (Å²) in [4.78, 5) is 1.00. The average molecular weight is 119 g/mol. The Kier molecular flexibility index (Phi) is 1.02. The summed E-state index contributed by atoms with van der Waals surface area (Å²) in [6, 6.07) is 0. The van der Waals surface area contributed by atoms with E-state index < -0.39 is 0 Å². The van der Waals surface area contributed by atoms with Crippen LogP contribution in [-0.4, -0.2) is 15.2 Å². The van der Waals surface area contributed by atoms with Crippen LogP contribution in [0.4, 0.5) is 0 Å².